The molecule has 2 amide bonds. The molecule has 7 heteroatoms. The molecule has 1 atom stereocenters. The van der Waals surface area contributed by atoms with E-state index in [-0.39, 0.29) is 19.8 Å². The third-order valence-corrected chi connectivity index (χ3v) is 2.71. The van der Waals surface area contributed by atoms with E-state index in [1.807, 2.05) is 0 Å². The first-order valence-corrected chi connectivity index (χ1v) is 5.73. The lowest BCUT2D eigenvalue weighted by Gasteiger charge is -2.11. The Balaban J connectivity index is 1.88. The van der Waals surface area contributed by atoms with Crippen LogP contribution in [0.1, 0.15) is 18.1 Å². The first-order valence-electron chi connectivity index (χ1n) is 5.73. The number of primary amides is 1. The smallest absolute Gasteiger partial charge is 0.309 e. The molecular weight excluding hydrogens is 252 g/mol. The number of hydrogen-bond acceptors (Lipinski definition) is 5. The zero-order valence-corrected chi connectivity index (χ0v) is 10.1. The Morgan fingerprint density at radius 3 is 2.84 bits per heavy atom. The SMILES string of the molecule is NC(=O)C(=O)NCCC(O)c1ccc2c(c1)OCO2. The van der Waals surface area contributed by atoms with Gasteiger partial charge < -0.3 is 25.6 Å². The van der Waals surface area contributed by atoms with Crippen molar-refractivity contribution in [1.82, 2.24) is 5.32 Å². The number of nitrogens with one attached hydrogen (secondary N) is 1. The van der Waals surface area contributed by atoms with Gasteiger partial charge in [-0.15, -0.1) is 0 Å². The molecule has 102 valence electrons. The lowest BCUT2D eigenvalue weighted by molar-refractivity contribution is -0.137. The summed E-state index contributed by atoms with van der Waals surface area (Å²) in [6.07, 6.45) is -0.513. The summed E-state index contributed by atoms with van der Waals surface area (Å²) in [5, 5.41) is 12.2. The number of amides is 2. The first kappa shape index (κ1) is 13.2. The quantitative estimate of drug-likeness (QED) is 0.633. The number of aliphatic hydroxyl groups excluding tert-OH is 1. The molecule has 1 heterocycles. The van der Waals surface area contributed by atoms with Crippen LogP contribution >= 0.6 is 0 Å². The molecule has 0 saturated heterocycles. The summed E-state index contributed by atoms with van der Waals surface area (Å²) < 4.78 is 10.4. The number of carbonyl (C=O) groups is 2. The molecule has 0 radical (unpaired) electrons. The van der Waals surface area contributed by atoms with Crippen LogP contribution in [0.2, 0.25) is 0 Å². The number of ether oxygens (including phenoxy) is 2. The van der Waals surface area contributed by atoms with Gasteiger partial charge >= 0.3 is 11.8 Å². The van der Waals surface area contributed by atoms with Crippen LogP contribution in [0.5, 0.6) is 11.5 Å². The van der Waals surface area contributed by atoms with Crippen LogP contribution in [0.3, 0.4) is 0 Å². The van der Waals surface area contributed by atoms with Gasteiger partial charge in [0.15, 0.2) is 11.5 Å². The number of rotatable bonds is 4. The molecule has 1 aromatic rings. The predicted molar refractivity (Wildman–Crippen MR) is 64.3 cm³/mol. The Kier molecular flexibility index (Phi) is 3.86. The van der Waals surface area contributed by atoms with Crippen molar-refractivity contribution in [3.05, 3.63) is 23.8 Å². The van der Waals surface area contributed by atoms with Crippen molar-refractivity contribution in [3.63, 3.8) is 0 Å². The molecule has 7 nitrogen and oxygen atoms in total. The summed E-state index contributed by atoms with van der Waals surface area (Å²) in [4.78, 5) is 21.4. The molecule has 4 N–H and O–H groups in total. The number of fused-ring (bicyclic) bond motifs is 1. The van der Waals surface area contributed by atoms with Gasteiger partial charge in [0.2, 0.25) is 6.79 Å². The molecule has 19 heavy (non-hydrogen) atoms. The molecule has 1 unspecified atom stereocenters. The van der Waals surface area contributed by atoms with Crippen LogP contribution in [0.25, 0.3) is 0 Å². The molecule has 1 aliphatic rings. The summed E-state index contributed by atoms with van der Waals surface area (Å²) in [5.41, 5.74) is 5.43. The van der Waals surface area contributed by atoms with Gasteiger partial charge in [-0.2, -0.15) is 0 Å². The molecular formula is C12H14N2O5. The molecule has 0 saturated carbocycles. The second-order valence-electron chi connectivity index (χ2n) is 4.04. The fraction of sp³-hybridized carbons (Fsp3) is 0.333. The normalized spacial score (nSPS) is 13.9. The summed E-state index contributed by atoms with van der Waals surface area (Å²) in [6.45, 7) is 0.320. The van der Waals surface area contributed by atoms with E-state index in [4.69, 9.17) is 15.2 Å². The average Bonchev–Trinajstić information content (AvgIpc) is 2.85. The van der Waals surface area contributed by atoms with Crippen molar-refractivity contribution in [2.24, 2.45) is 5.73 Å². The van der Waals surface area contributed by atoms with Crippen LogP contribution in [-0.4, -0.2) is 30.3 Å². The maximum absolute atomic E-state index is 10.9. The van der Waals surface area contributed by atoms with Crippen molar-refractivity contribution in [2.75, 3.05) is 13.3 Å². The second kappa shape index (κ2) is 5.57. The van der Waals surface area contributed by atoms with E-state index < -0.39 is 17.9 Å². The van der Waals surface area contributed by atoms with Crippen molar-refractivity contribution < 1.29 is 24.2 Å². The van der Waals surface area contributed by atoms with E-state index in [1.165, 1.54) is 0 Å². The minimum Gasteiger partial charge on any atom is -0.454 e. The Bertz CT molecular complexity index is 503. The van der Waals surface area contributed by atoms with Gasteiger partial charge in [-0.05, 0) is 24.1 Å². The number of nitrogens with two attached hydrogens (primary N) is 1. The van der Waals surface area contributed by atoms with Gasteiger partial charge in [0.05, 0.1) is 6.10 Å². The molecule has 0 bridgehead atoms. The molecule has 1 aliphatic heterocycles. The van der Waals surface area contributed by atoms with Crippen LogP contribution < -0.4 is 20.5 Å². The first-order chi connectivity index (χ1) is 9.08. The summed E-state index contributed by atoms with van der Waals surface area (Å²) in [6, 6.07) is 5.11. The topological polar surface area (TPSA) is 111 Å². The third kappa shape index (κ3) is 3.14. The van der Waals surface area contributed by atoms with E-state index in [1.54, 1.807) is 18.2 Å². The molecule has 0 fully saturated rings. The van der Waals surface area contributed by atoms with Crippen molar-refractivity contribution in [1.29, 1.82) is 0 Å². The molecule has 0 aliphatic carbocycles. The monoisotopic (exact) mass is 266 g/mol. The lowest BCUT2D eigenvalue weighted by Crippen LogP contribution is -2.36. The van der Waals surface area contributed by atoms with E-state index >= 15 is 0 Å². The van der Waals surface area contributed by atoms with Crippen molar-refractivity contribution in [2.45, 2.75) is 12.5 Å². The largest absolute Gasteiger partial charge is 0.454 e. The van der Waals surface area contributed by atoms with E-state index in [0.29, 0.717) is 17.1 Å². The van der Waals surface area contributed by atoms with Crippen LogP contribution in [0.15, 0.2) is 18.2 Å². The Morgan fingerprint density at radius 1 is 1.37 bits per heavy atom. The van der Waals surface area contributed by atoms with Gasteiger partial charge in [0.1, 0.15) is 0 Å². The second-order valence-corrected chi connectivity index (χ2v) is 4.04. The van der Waals surface area contributed by atoms with Gasteiger partial charge in [-0.1, -0.05) is 6.07 Å². The fourth-order valence-corrected chi connectivity index (χ4v) is 1.70. The Morgan fingerprint density at radius 2 is 2.11 bits per heavy atom. The van der Waals surface area contributed by atoms with Gasteiger partial charge in [0.25, 0.3) is 0 Å². The maximum Gasteiger partial charge on any atom is 0.309 e. The highest BCUT2D eigenvalue weighted by Gasteiger charge is 2.17. The van der Waals surface area contributed by atoms with Crippen molar-refractivity contribution >= 4 is 11.8 Å². The lowest BCUT2D eigenvalue weighted by atomic mass is 10.1. The maximum atomic E-state index is 10.9. The van der Waals surface area contributed by atoms with E-state index in [9.17, 15) is 14.7 Å². The molecule has 1 aromatic carbocycles. The number of hydrogen-bond donors (Lipinski definition) is 3. The highest BCUT2D eigenvalue weighted by atomic mass is 16.7. The molecule has 0 spiro atoms. The summed E-state index contributed by atoms with van der Waals surface area (Å²) in [7, 11) is 0. The summed E-state index contributed by atoms with van der Waals surface area (Å²) in [5.74, 6) is -0.689. The van der Waals surface area contributed by atoms with Gasteiger partial charge in [-0.3, -0.25) is 9.59 Å². The van der Waals surface area contributed by atoms with Crippen LogP contribution in [-0.2, 0) is 9.59 Å². The van der Waals surface area contributed by atoms with Gasteiger partial charge in [0, 0.05) is 6.54 Å². The number of aliphatic hydroxyl groups is 1. The molecule has 0 aromatic heterocycles. The van der Waals surface area contributed by atoms with E-state index in [2.05, 4.69) is 5.32 Å². The minimum absolute atomic E-state index is 0.150. The minimum atomic E-state index is -1.04. The van der Waals surface area contributed by atoms with Crippen LogP contribution in [0.4, 0.5) is 0 Å². The zero-order valence-electron chi connectivity index (χ0n) is 10.1. The fourth-order valence-electron chi connectivity index (χ4n) is 1.70. The summed E-state index contributed by atoms with van der Waals surface area (Å²) >= 11 is 0. The van der Waals surface area contributed by atoms with Gasteiger partial charge in [-0.25, -0.2) is 0 Å². The predicted octanol–water partition coefficient (Wildman–Crippen LogP) is -0.560. The molecule has 2 rings (SSSR count). The zero-order chi connectivity index (χ0) is 13.8. The Hall–Kier alpha value is -2.28. The number of benzene rings is 1. The van der Waals surface area contributed by atoms with Crippen molar-refractivity contribution in [3.8, 4) is 11.5 Å². The third-order valence-electron chi connectivity index (χ3n) is 2.71. The highest BCUT2D eigenvalue weighted by Crippen LogP contribution is 2.34. The van der Waals surface area contributed by atoms with E-state index in [0.717, 1.165) is 0 Å². The number of carbonyl (C=O) groups excluding carboxylic acids is 2. The average molecular weight is 266 g/mol. The Labute approximate surface area is 109 Å². The van der Waals surface area contributed by atoms with Crippen LogP contribution in [0, 0.1) is 0 Å². The highest BCUT2D eigenvalue weighted by molar-refractivity contribution is 6.34. The standard InChI is InChI=1S/C12H14N2O5/c13-11(16)12(17)14-4-3-8(15)7-1-2-9-10(5-7)19-6-18-9/h1-2,5,8,15H,3-4,6H2,(H2,13,16)(H,14,17).